The lowest BCUT2D eigenvalue weighted by molar-refractivity contribution is -0.497. The van der Waals surface area contributed by atoms with Crippen LogP contribution in [0, 0.1) is 34.1 Å². The molecular formula is C34H34ClN3O9S. The normalized spacial score (nSPS) is 12.1. The number of aryl methyl sites for hydroxylation is 2. The van der Waals surface area contributed by atoms with Crippen molar-refractivity contribution in [1.29, 1.82) is 0 Å². The molecule has 0 spiro atoms. The molecule has 4 rings (SSSR count). The fourth-order valence-electron chi connectivity index (χ4n) is 4.99. The standard InChI is InChI=1S/C20H22N2O5S.C14H11NO4.ClH/c1-14-9-7-8-12-16(14)20(19(24)27-2,13-17(28-3)22(25)26)21-18(23)15-10-5-4-6-11-15;1-9-4-2-3-5-11(9)13-8-10(15(18)19)6-7-12(13)14(16)17;/h4-12,17H,13H2,1-3H3,(H,21,23);2-8H,1H3,(H,16,17);1H/t17?,20-;;/m1../s1. The molecule has 2 N–H and O–H groups in total. The highest BCUT2D eigenvalue weighted by molar-refractivity contribution is 7.99. The third kappa shape index (κ3) is 9.17. The number of non-ortho nitro benzene ring substituents is 1. The first-order valence-corrected chi connectivity index (χ1v) is 15.4. The van der Waals surface area contributed by atoms with Crippen LogP contribution in [0.15, 0.2) is 97.1 Å². The first-order valence-electron chi connectivity index (χ1n) is 14.1. The Balaban J connectivity index is 0.000000349. The molecule has 0 heterocycles. The summed E-state index contributed by atoms with van der Waals surface area (Å²) in [6, 6.07) is 26.3. The van der Waals surface area contributed by atoms with Crippen molar-refractivity contribution < 1.29 is 34.1 Å². The fraction of sp³-hybridized carbons (Fsp3) is 0.206. The number of nitrogens with one attached hydrogen (secondary N) is 1. The van der Waals surface area contributed by atoms with Gasteiger partial charge in [-0.05, 0) is 60.6 Å². The maximum absolute atomic E-state index is 13.0. The maximum Gasteiger partial charge on any atom is 0.336 e. The van der Waals surface area contributed by atoms with Gasteiger partial charge in [-0.1, -0.05) is 78.5 Å². The largest absolute Gasteiger partial charge is 0.478 e. The molecule has 14 heteroatoms. The molecule has 0 aromatic heterocycles. The second kappa shape index (κ2) is 17.6. The minimum atomic E-state index is -1.70. The molecule has 0 saturated heterocycles. The van der Waals surface area contributed by atoms with E-state index in [1.54, 1.807) is 79.9 Å². The van der Waals surface area contributed by atoms with E-state index in [1.165, 1.54) is 25.3 Å². The number of hydrogen-bond acceptors (Lipinski definition) is 9. The Kier molecular flexibility index (Phi) is 14.3. The first kappa shape index (κ1) is 38.9. The third-order valence-electron chi connectivity index (χ3n) is 7.37. The van der Waals surface area contributed by atoms with Gasteiger partial charge in [0.1, 0.15) is 0 Å². The predicted molar refractivity (Wildman–Crippen MR) is 185 cm³/mol. The highest BCUT2D eigenvalue weighted by Gasteiger charge is 2.48. The summed E-state index contributed by atoms with van der Waals surface area (Å²) >= 11 is 0.998. The van der Waals surface area contributed by atoms with Crippen molar-refractivity contribution in [1.82, 2.24) is 5.32 Å². The molecule has 1 amide bonds. The molecule has 48 heavy (non-hydrogen) atoms. The van der Waals surface area contributed by atoms with Gasteiger partial charge in [-0.25, -0.2) is 9.59 Å². The number of esters is 1. The number of nitro groups is 2. The van der Waals surface area contributed by atoms with Crippen molar-refractivity contribution in [2.24, 2.45) is 0 Å². The third-order valence-corrected chi connectivity index (χ3v) is 8.25. The number of carbonyl (C=O) groups is 3. The fourth-order valence-corrected chi connectivity index (χ4v) is 5.58. The van der Waals surface area contributed by atoms with E-state index in [9.17, 15) is 39.7 Å². The molecule has 0 aliphatic rings. The Morgan fingerprint density at radius 1 is 0.875 bits per heavy atom. The summed E-state index contributed by atoms with van der Waals surface area (Å²) in [7, 11) is 1.20. The molecule has 2 atom stereocenters. The smallest absolute Gasteiger partial charge is 0.336 e. The van der Waals surface area contributed by atoms with E-state index in [0.717, 1.165) is 17.3 Å². The predicted octanol–water partition coefficient (Wildman–Crippen LogP) is 6.84. The quantitative estimate of drug-likeness (QED) is 0.0730. The number of methoxy groups -OCH3 is 1. The zero-order valence-electron chi connectivity index (χ0n) is 26.4. The van der Waals surface area contributed by atoms with Crippen LogP contribution in [0.3, 0.4) is 0 Å². The Morgan fingerprint density at radius 2 is 1.46 bits per heavy atom. The lowest BCUT2D eigenvalue weighted by Crippen LogP contribution is -2.55. The van der Waals surface area contributed by atoms with Gasteiger partial charge >= 0.3 is 11.9 Å². The highest BCUT2D eigenvalue weighted by atomic mass is 35.5. The van der Waals surface area contributed by atoms with E-state index in [4.69, 9.17) is 4.74 Å². The van der Waals surface area contributed by atoms with Crippen LogP contribution in [0.4, 0.5) is 5.69 Å². The summed E-state index contributed by atoms with van der Waals surface area (Å²) in [5.74, 6) is -2.38. The van der Waals surface area contributed by atoms with Crippen LogP contribution in [0.25, 0.3) is 11.1 Å². The molecule has 0 radical (unpaired) electrons. The zero-order valence-corrected chi connectivity index (χ0v) is 28.1. The monoisotopic (exact) mass is 695 g/mol. The van der Waals surface area contributed by atoms with Crippen LogP contribution in [-0.4, -0.2) is 51.5 Å². The number of amides is 1. The number of aromatic carboxylic acids is 1. The molecule has 1 unspecified atom stereocenters. The number of benzene rings is 4. The lowest BCUT2D eigenvalue weighted by Gasteiger charge is -2.34. The zero-order chi connectivity index (χ0) is 34.7. The van der Waals surface area contributed by atoms with Gasteiger partial charge in [-0.3, -0.25) is 25.0 Å². The molecule has 0 saturated carbocycles. The van der Waals surface area contributed by atoms with Crippen molar-refractivity contribution >= 4 is 47.7 Å². The van der Waals surface area contributed by atoms with Gasteiger partial charge in [0.15, 0.2) is 5.54 Å². The number of nitrogens with zero attached hydrogens (tertiary/aromatic N) is 2. The van der Waals surface area contributed by atoms with Gasteiger partial charge in [-0.15, -0.1) is 12.4 Å². The maximum atomic E-state index is 13.0. The van der Waals surface area contributed by atoms with Crippen molar-refractivity contribution in [3.63, 3.8) is 0 Å². The van der Waals surface area contributed by atoms with Crippen LogP contribution >= 0.6 is 24.2 Å². The van der Waals surface area contributed by atoms with Crippen molar-refractivity contribution in [2.45, 2.75) is 31.2 Å². The number of carboxylic acids is 1. The summed E-state index contributed by atoms with van der Waals surface area (Å²) in [4.78, 5) is 58.4. The van der Waals surface area contributed by atoms with E-state index in [0.29, 0.717) is 27.8 Å². The van der Waals surface area contributed by atoms with Gasteiger partial charge < -0.3 is 15.2 Å². The van der Waals surface area contributed by atoms with E-state index < -0.39 is 38.6 Å². The molecule has 12 nitrogen and oxygen atoms in total. The first-order chi connectivity index (χ1) is 22.4. The van der Waals surface area contributed by atoms with E-state index in [1.807, 2.05) is 19.1 Å². The summed E-state index contributed by atoms with van der Waals surface area (Å²) < 4.78 is 5.00. The number of ether oxygens (including phenoxy) is 1. The molecule has 0 bridgehead atoms. The molecule has 0 aliphatic carbocycles. The summed E-state index contributed by atoms with van der Waals surface area (Å²) in [5.41, 5.74) is 1.66. The number of hydrogen-bond donors (Lipinski definition) is 2. The minimum absolute atomic E-state index is 0. The topological polar surface area (TPSA) is 179 Å². The van der Waals surface area contributed by atoms with Crippen molar-refractivity contribution in [2.75, 3.05) is 13.4 Å². The average molecular weight is 696 g/mol. The Labute approximate surface area is 287 Å². The van der Waals surface area contributed by atoms with E-state index >= 15 is 0 Å². The second-order valence-corrected chi connectivity index (χ2v) is 11.3. The molecule has 4 aromatic rings. The van der Waals surface area contributed by atoms with Crippen LogP contribution in [-0.2, 0) is 15.1 Å². The van der Waals surface area contributed by atoms with Crippen LogP contribution in [0.2, 0.25) is 0 Å². The Morgan fingerprint density at radius 3 is 1.98 bits per heavy atom. The molecule has 0 aliphatic heterocycles. The molecule has 4 aromatic carbocycles. The van der Waals surface area contributed by atoms with Crippen molar-refractivity contribution in [3.05, 3.63) is 145 Å². The van der Waals surface area contributed by atoms with Gasteiger partial charge in [0.05, 0.1) is 24.0 Å². The van der Waals surface area contributed by atoms with Gasteiger partial charge in [-0.2, -0.15) is 0 Å². The van der Waals surface area contributed by atoms with Gasteiger partial charge in [0, 0.05) is 28.2 Å². The van der Waals surface area contributed by atoms with Crippen molar-refractivity contribution in [3.8, 4) is 11.1 Å². The average Bonchev–Trinajstić information content (AvgIpc) is 3.06. The lowest BCUT2D eigenvalue weighted by atomic mass is 9.83. The molecular weight excluding hydrogens is 662 g/mol. The van der Waals surface area contributed by atoms with Crippen LogP contribution < -0.4 is 5.32 Å². The number of carbonyl (C=O) groups excluding carboxylic acids is 2. The molecule has 0 fully saturated rings. The number of carboxylic acid groups (broad SMARTS) is 1. The second-order valence-electron chi connectivity index (χ2n) is 10.3. The van der Waals surface area contributed by atoms with E-state index in [2.05, 4.69) is 5.32 Å². The number of halogens is 1. The number of thioether (sulfide) groups is 1. The summed E-state index contributed by atoms with van der Waals surface area (Å²) in [6.07, 6.45) is 1.34. The SMILES string of the molecule is COC(=O)[C@](CC(SC)[N+](=O)[O-])(NC(=O)c1ccccc1)c1ccccc1C.Cc1ccccc1-c1cc([N+](=O)[O-])ccc1C(=O)O.Cl. The Hall–Kier alpha value is -5.27. The van der Waals surface area contributed by atoms with Gasteiger partial charge in [0.2, 0.25) is 0 Å². The minimum Gasteiger partial charge on any atom is -0.478 e. The molecule has 252 valence electrons. The number of nitro benzene ring substituents is 1. The highest BCUT2D eigenvalue weighted by Crippen LogP contribution is 2.35. The van der Waals surface area contributed by atoms with E-state index in [-0.39, 0.29) is 30.1 Å². The summed E-state index contributed by atoms with van der Waals surface area (Å²) in [5, 5.41) is 33.1. The van der Waals surface area contributed by atoms with Crippen LogP contribution in [0.1, 0.15) is 43.8 Å². The number of rotatable bonds is 11. The summed E-state index contributed by atoms with van der Waals surface area (Å²) in [6.45, 7) is 3.61. The van der Waals surface area contributed by atoms with Gasteiger partial charge in [0.25, 0.3) is 17.0 Å². The van der Waals surface area contributed by atoms with Crippen LogP contribution in [0.5, 0.6) is 0 Å². The Bertz CT molecular complexity index is 1790.